The van der Waals surface area contributed by atoms with Crippen LogP contribution >= 0.6 is 11.8 Å². The van der Waals surface area contributed by atoms with Crippen LogP contribution in [0.15, 0.2) is 24.4 Å². The van der Waals surface area contributed by atoms with Crippen LogP contribution in [0.4, 0.5) is 4.39 Å². The first kappa shape index (κ1) is 12.3. The fourth-order valence-electron chi connectivity index (χ4n) is 3.10. The van der Waals surface area contributed by atoms with E-state index in [1.54, 1.807) is 6.07 Å². The molecule has 104 valence electrons. The van der Waals surface area contributed by atoms with Crippen molar-refractivity contribution in [2.75, 3.05) is 11.5 Å². The van der Waals surface area contributed by atoms with Gasteiger partial charge in [0.05, 0.1) is 17.2 Å². The Hall–Kier alpha value is -1.49. The number of benzene rings is 1. The first-order valence-electron chi connectivity index (χ1n) is 6.91. The van der Waals surface area contributed by atoms with E-state index in [0.29, 0.717) is 0 Å². The standard InChI is InChI=1S/C15H16FN3S/c1-15(4-6-20-7-5-15)11-9-17-19-13-3-2-10(16)8-12(13)18-14(11)19/h2-3,8-9,18H,4-7H2,1H3. The van der Waals surface area contributed by atoms with Crippen molar-refractivity contribution in [3.05, 3.63) is 35.8 Å². The van der Waals surface area contributed by atoms with Crippen LogP contribution in [0, 0.1) is 5.82 Å². The zero-order chi connectivity index (χ0) is 13.7. The van der Waals surface area contributed by atoms with Crippen molar-refractivity contribution in [3.8, 4) is 0 Å². The summed E-state index contributed by atoms with van der Waals surface area (Å²) >= 11 is 2.02. The van der Waals surface area contributed by atoms with E-state index >= 15 is 0 Å². The van der Waals surface area contributed by atoms with Crippen molar-refractivity contribution in [3.63, 3.8) is 0 Å². The van der Waals surface area contributed by atoms with Gasteiger partial charge in [-0.25, -0.2) is 8.91 Å². The minimum atomic E-state index is -0.219. The molecule has 0 atom stereocenters. The number of halogens is 1. The number of hydrogen-bond donors (Lipinski definition) is 1. The second-order valence-electron chi connectivity index (χ2n) is 5.78. The van der Waals surface area contributed by atoms with E-state index in [1.807, 2.05) is 22.5 Å². The first-order valence-corrected chi connectivity index (χ1v) is 8.06. The summed E-state index contributed by atoms with van der Waals surface area (Å²) in [6, 6.07) is 4.80. The van der Waals surface area contributed by atoms with E-state index in [0.717, 1.165) is 16.7 Å². The lowest BCUT2D eigenvalue weighted by molar-refractivity contribution is 0.439. The molecule has 0 bridgehead atoms. The van der Waals surface area contributed by atoms with Crippen LogP contribution in [0.5, 0.6) is 0 Å². The van der Waals surface area contributed by atoms with Crippen molar-refractivity contribution in [2.24, 2.45) is 0 Å². The highest BCUT2D eigenvalue weighted by molar-refractivity contribution is 7.99. The second kappa shape index (κ2) is 4.25. The number of nitrogens with zero attached hydrogens (tertiary/aromatic N) is 2. The largest absolute Gasteiger partial charge is 0.338 e. The Morgan fingerprint density at radius 1 is 1.35 bits per heavy atom. The molecule has 0 amide bonds. The molecule has 0 unspecified atom stereocenters. The van der Waals surface area contributed by atoms with Crippen LogP contribution in [-0.4, -0.2) is 26.1 Å². The molecule has 1 fully saturated rings. The van der Waals surface area contributed by atoms with Crippen molar-refractivity contribution in [1.29, 1.82) is 0 Å². The fraction of sp³-hybridized carbons (Fsp3) is 0.400. The van der Waals surface area contributed by atoms with Crippen LogP contribution in [-0.2, 0) is 5.41 Å². The van der Waals surface area contributed by atoms with E-state index in [9.17, 15) is 4.39 Å². The summed E-state index contributed by atoms with van der Waals surface area (Å²) < 4.78 is 15.2. The highest BCUT2D eigenvalue weighted by atomic mass is 32.2. The molecule has 4 rings (SSSR count). The number of hydrogen-bond acceptors (Lipinski definition) is 2. The minimum absolute atomic E-state index is 0.173. The summed E-state index contributed by atoms with van der Waals surface area (Å²) in [7, 11) is 0. The lowest BCUT2D eigenvalue weighted by atomic mass is 9.79. The zero-order valence-corrected chi connectivity index (χ0v) is 12.1. The maximum absolute atomic E-state index is 13.3. The molecule has 0 aliphatic carbocycles. The molecule has 1 aliphatic heterocycles. The van der Waals surface area contributed by atoms with Crippen LogP contribution in [0.25, 0.3) is 16.7 Å². The predicted molar refractivity (Wildman–Crippen MR) is 80.9 cm³/mol. The molecular weight excluding hydrogens is 273 g/mol. The monoisotopic (exact) mass is 289 g/mol. The lowest BCUT2D eigenvalue weighted by Gasteiger charge is -2.32. The van der Waals surface area contributed by atoms with Gasteiger partial charge in [-0.15, -0.1) is 0 Å². The highest BCUT2D eigenvalue weighted by Crippen LogP contribution is 2.39. The van der Waals surface area contributed by atoms with E-state index < -0.39 is 0 Å². The Balaban J connectivity index is 1.94. The molecule has 20 heavy (non-hydrogen) atoms. The Bertz CT molecular complexity index is 783. The highest BCUT2D eigenvalue weighted by Gasteiger charge is 2.32. The van der Waals surface area contributed by atoms with Gasteiger partial charge in [0.2, 0.25) is 0 Å². The molecule has 3 heterocycles. The first-order chi connectivity index (χ1) is 9.67. The minimum Gasteiger partial charge on any atom is -0.338 e. The van der Waals surface area contributed by atoms with Gasteiger partial charge in [0.25, 0.3) is 0 Å². The Kier molecular flexibility index (Phi) is 2.61. The molecule has 2 aromatic heterocycles. The summed E-state index contributed by atoms with van der Waals surface area (Å²) in [5, 5.41) is 4.51. The number of H-pyrrole nitrogens is 1. The Labute approximate surface area is 120 Å². The summed E-state index contributed by atoms with van der Waals surface area (Å²) in [6.07, 6.45) is 4.32. The van der Waals surface area contributed by atoms with Crippen LogP contribution in [0.2, 0.25) is 0 Å². The third kappa shape index (κ3) is 1.69. The third-order valence-electron chi connectivity index (χ3n) is 4.46. The smallest absolute Gasteiger partial charge is 0.138 e. The molecule has 0 radical (unpaired) electrons. The maximum Gasteiger partial charge on any atom is 0.138 e. The van der Waals surface area contributed by atoms with E-state index in [4.69, 9.17) is 0 Å². The average Bonchev–Trinajstić information content (AvgIpc) is 2.97. The number of aromatic nitrogens is 3. The number of imidazole rings is 1. The van der Waals surface area contributed by atoms with E-state index in [-0.39, 0.29) is 11.2 Å². The van der Waals surface area contributed by atoms with Gasteiger partial charge in [0.15, 0.2) is 0 Å². The number of rotatable bonds is 1. The van der Waals surface area contributed by atoms with Gasteiger partial charge in [0, 0.05) is 5.56 Å². The summed E-state index contributed by atoms with van der Waals surface area (Å²) in [6.45, 7) is 2.32. The quantitative estimate of drug-likeness (QED) is 0.740. The van der Waals surface area contributed by atoms with Gasteiger partial charge >= 0.3 is 0 Å². The van der Waals surface area contributed by atoms with Crippen LogP contribution in [0.3, 0.4) is 0 Å². The van der Waals surface area contributed by atoms with Crippen molar-refractivity contribution < 1.29 is 4.39 Å². The fourth-order valence-corrected chi connectivity index (χ4v) is 4.50. The third-order valence-corrected chi connectivity index (χ3v) is 5.44. The summed E-state index contributed by atoms with van der Waals surface area (Å²) in [4.78, 5) is 3.34. The Morgan fingerprint density at radius 2 is 2.15 bits per heavy atom. The van der Waals surface area contributed by atoms with Crippen molar-refractivity contribution in [1.82, 2.24) is 14.6 Å². The predicted octanol–water partition coefficient (Wildman–Crippen LogP) is 3.74. The molecule has 1 aliphatic rings. The SMILES string of the molecule is CC1(c2cnn3c2[nH]c2cc(F)ccc23)CCSCC1. The molecule has 1 N–H and O–H groups in total. The molecule has 5 heteroatoms. The normalized spacial score (nSPS) is 18.9. The van der Waals surface area contributed by atoms with Crippen molar-refractivity contribution >= 4 is 28.4 Å². The van der Waals surface area contributed by atoms with Gasteiger partial charge in [-0.3, -0.25) is 0 Å². The number of fused-ring (bicyclic) bond motifs is 3. The van der Waals surface area contributed by atoms with Crippen LogP contribution in [0.1, 0.15) is 25.3 Å². The summed E-state index contributed by atoms with van der Waals surface area (Å²) in [5.41, 5.74) is 4.19. The number of nitrogens with one attached hydrogen (secondary N) is 1. The molecule has 3 aromatic rings. The molecule has 1 aromatic carbocycles. The topological polar surface area (TPSA) is 33.1 Å². The molecule has 0 spiro atoms. The van der Waals surface area contributed by atoms with Gasteiger partial charge in [0.1, 0.15) is 11.5 Å². The summed E-state index contributed by atoms with van der Waals surface area (Å²) in [5.74, 6) is 2.18. The lowest BCUT2D eigenvalue weighted by Crippen LogP contribution is -2.27. The Morgan fingerprint density at radius 3 is 2.95 bits per heavy atom. The van der Waals surface area contributed by atoms with Gasteiger partial charge in [-0.1, -0.05) is 6.92 Å². The van der Waals surface area contributed by atoms with Crippen molar-refractivity contribution in [2.45, 2.75) is 25.2 Å². The van der Waals surface area contributed by atoms with Gasteiger partial charge in [-0.05, 0) is 48.0 Å². The molecule has 0 saturated carbocycles. The van der Waals surface area contributed by atoms with E-state index in [1.165, 1.54) is 42.0 Å². The molecular formula is C15H16FN3S. The van der Waals surface area contributed by atoms with E-state index in [2.05, 4.69) is 17.0 Å². The average molecular weight is 289 g/mol. The number of thioether (sulfide) groups is 1. The zero-order valence-electron chi connectivity index (χ0n) is 11.3. The van der Waals surface area contributed by atoms with Gasteiger partial charge in [-0.2, -0.15) is 16.9 Å². The maximum atomic E-state index is 13.3. The molecule has 1 saturated heterocycles. The number of aromatic amines is 1. The molecule has 3 nitrogen and oxygen atoms in total. The van der Waals surface area contributed by atoms with Gasteiger partial charge < -0.3 is 4.98 Å². The van der Waals surface area contributed by atoms with Crippen LogP contribution < -0.4 is 0 Å². The second-order valence-corrected chi connectivity index (χ2v) is 7.00.